The quantitative estimate of drug-likeness (QED) is 0.750. The van der Waals surface area contributed by atoms with E-state index >= 15 is 0 Å². The van der Waals surface area contributed by atoms with Crippen molar-refractivity contribution in [1.82, 2.24) is 15.1 Å². The number of urea groups is 1. The molecular formula is C12H21N3O4S. The maximum absolute atomic E-state index is 12.0. The second-order valence-electron chi connectivity index (χ2n) is 4.61. The number of carbonyl (C=O) groups is 3. The fourth-order valence-electron chi connectivity index (χ4n) is 1.96. The minimum atomic E-state index is -1.02. The van der Waals surface area contributed by atoms with Crippen molar-refractivity contribution in [3.63, 3.8) is 0 Å². The molecule has 0 aromatic carbocycles. The van der Waals surface area contributed by atoms with Crippen LogP contribution >= 0.6 is 11.8 Å². The summed E-state index contributed by atoms with van der Waals surface area (Å²) in [4.78, 5) is 37.5. The number of hydrogen-bond donors (Lipinski definition) is 2. The number of piperazine rings is 1. The van der Waals surface area contributed by atoms with Gasteiger partial charge in [0.1, 0.15) is 6.04 Å². The van der Waals surface area contributed by atoms with E-state index in [4.69, 9.17) is 5.11 Å². The molecule has 1 saturated heterocycles. The van der Waals surface area contributed by atoms with E-state index in [1.165, 1.54) is 6.92 Å². The summed E-state index contributed by atoms with van der Waals surface area (Å²) in [5.74, 6) is -0.349. The molecule has 3 amide bonds. The lowest BCUT2D eigenvalue weighted by Crippen LogP contribution is -2.55. The number of nitrogens with one attached hydrogen (secondary N) is 1. The Balaban J connectivity index is 2.45. The highest BCUT2D eigenvalue weighted by molar-refractivity contribution is 7.98. The Kier molecular flexibility index (Phi) is 6.63. The van der Waals surface area contributed by atoms with Gasteiger partial charge in [-0.25, -0.2) is 9.59 Å². The maximum Gasteiger partial charge on any atom is 0.326 e. The highest BCUT2D eigenvalue weighted by atomic mass is 32.2. The monoisotopic (exact) mass is 303 g/mol. The number of aliphatic carboxylic acids is 1. The smallest absolute Gasteiger partial charge is 0.326 e. The van der Waals surface area contributed by atoms with Crippen LogP contribution in [0.3, 0.4) is 0 Å². The second kappa shape index (κ2) is 7.98. The molecule has 1 atom stereocenters. The fourth-order valence-corrected chi connectivity index (χ4v) is 2.43. The molecule has 1 aliphatic heterocycles. The number of nitrogens with zero attached hydrogens (tertiary/aromatic N) is 2. The molecule has 0 aromatic rings. The van der Waals surface area contributed by atoms with Gasteiger partial charge in [-0.15, -0.1) is 0 Å². The predicted octanol–water partition coefficient (Wildman–Crippen LogP) is 0.0664. The standard InChI is InChI=1S/C12H21N3O4S/c1-9(16)14-4-6-15(7-5-14)12(19)13-10(11(17)18)3-8-20-2/h10H,3-8H2,1-2H3,(H,13,19)(H,17,18). The van der Waals surface area contributed by atoms with Crippen LogP contribution in [0.4, 0.5) is 4.79 Å². The zero-order chi connectivity index (χ0) is 15.1. The first-order chi connectivity index (χ1) is 9.45. The molecule has 0 aromatic heterocycles. The molecule has 8 heteroatoms. The Morgan fingerprint density at radius 1 is 1.20 bits per heavy atom. The van der Waals surface area contributed by atoms with E-state index < -0.39 is 12.0 Å². The van der Waals surface area contributed by atoms with Crippen LogP contribution in [0.25, 0.3) is 0 Å². The molecule has 0 saturated carbocycles. The van der Waals surface area contributed by atoms with Gasteiger partial charge < -0.3 is 20.2 Å². The molecule has 0 spiro atoms. The third-order valence-electron chi connectivity index (χ3n) is 3.22. The number of carbonyl (C=O) groups excluding carboxylic acids is 2. The van der Waals surface area contributed by atoms with Crippen LogP contribution in [0.1, 0.15) is 13.3 Å². The van der Waals surface area contributed by atoms with Crippen molar-refractivity contribution in [3.05, 3.63) is 0 Å². The first-order valence-corrected chi connectivity index (χ1v) is 7.87. The molecule has 1 unspecified atom stereocenters. The number of carboxylic acids is 1. The van der Waals surface area contributed by atoms with Crippen molar-refractivity contribution < 1.29 is 19.5 Å². The van der Waals surface area contributed by atoms with Crippen LogP contribution in [0.15, 0.2) is 0 Å². The van der Waals surface area contributed by atoms with E-state index in [2.05, 4.69) is 5.32 Å². The largest absolute Gasteiger partial charge is 0.480 e. The van der Waals surface area contributed by atoms with Gasteiger partial charge in [0, 0.05) is 33.1 Å². The Labute approximate surface area is 122 Å². The second-order valence-corrected chi connectivity index (χ2v) is 5.60. The van der Waals surface area contributed by atoms with Gasteiger partial charge >= 0.3 is 12.0 Å². The molecule has 7 nitrogen and oxygen atoms in total. The lowest BCUT2D eigenvalue weighted by Gasteiger charge is -2.34. The van der Waals surface area contributed by atoms with Crippen LogP contribution in [0.2, 0.25) is 0 Å². The van der Waals surface area contributed by atoms with Crippen LogP contribution in [0, 0.1) is 0 Å². The molecule has 1 aliphatic rings. The number of rotatable bonds is 5. The normalized spacial score (nSPS) is 16.7. The van der Waals surface area contributed by atoms with Crippen LogP contribution in [-0.2, 0) is 9.59 Å². The molecule has 0 bridgehead atoms. The Hall–Kier alpha value is -1.44. The summed E-state index contributed by atoms with van der Waals surface area (Å²) in [7, 11) is 0. The fraction of sp³-hybridized carbons (Fsp3) is 0.750. The van der Waals surface area contributed by atoms with Crippen molar-refractivity contribution in [1.29, 1.82) is 0 Å². The van der Waals surface area contributed by atoms with Gasteiger partial charge in [-0.1, -0.05) is 0 Å². The van der Waals surface area contributed by atoms with Gasteiger partial charge in [0.05, 0.1) is 0 Å². The van der Waals surface area contributed by atoms with Crippen molar-refractivity contribution in [2.45, 2.75) is 19.4 Å². The number of hydrogen-bond acceptors (Lipinski definition) is 4. The summed E-state index contributed by atoms with van der Waals surface area (Å²) in [6.45, 7) is 3.34. The van der Waals surface area contributed by atoms with E-state index in [0.29, 0.717) is 38.4 Å². The third kappa shape index (κ3) is 4.92. The number of thioether (sulfide) groups is 1. The molecule has 0 aliphatic carbocycles. The molecule has 1 rings (SSSR count). The molecule has 2 N–H and O–H groups in total. The van der Waals surface area contributed by atoms with Gasteiger partial charge in [-0.3, -0.25) is 4.79 Å². The summed E-state index contributed by atoms with van der Waals surface area (Å²) in [5, 5.41) is 11.6. The molecule has 0 radical (unpaired) electrons. The summed E-state index contributed by atoms with van der Waals surface area (Å²) >= 11 is 1.54. The van der Waals surface area contributed by atoms with Gasteiger partial charge in [0.2, 0.25) is 5.91 Å². The first kappa shape index (κ1) is 16.6. The Bertz CT molecular complexity index is 370. The summed E-state index contributed by atoms with van der Waals surface area (Å²) in [6.07, 6.45) is 2.29. The van der Waals surface area contributed by atoms with Crippen molar-refractivity contribution in [2.75, 3.05) is 38.2 Å². The predicted molar refractivity (Wildman–Crippen MR) is 76.8 cm³/mol. The number of amides is 3. The minimum Gasteiger partial charge on any atom is -0.480 e. The molecule has 114 valence electrons. The first-order valence-electron chi connectivity index (χ1n) is 6.48. The molecule has 20 heavy (non-hydrogen) atoms. The summed E-state index contributed by atoms with van der Waals surface area (Å²) in [5.41, 5.74) is 0. The van der Waals surface area contributed by atoms with Crippen LogP contribution < -0.4 is 5.32 Å². The highest BCUT2D eigenvalue weighted by Gasteiger charge is 2.26. The van der Waals surface area contributed by atoms with Gasteiger partial charge in [-0.05, 0) is 18.4 Å². The lowest BCUT2D eigenvalue weighted by molar-refractivity contribution is -0.139. The highest BCUT2D eigenvalue weighted by Crippen LogP contribution is 2.05. The van der Waals surface area contributed by atoms with Gasteiger partial charge in [-0.2, -0.15) is 11.8 Å². The van der Waals surface area contributed by atoms with E-state index in [-0.39, 0.29) is 11.9 Å². The van der Waals surface area contributed by atoms with Gasteiger partial charge in [0.15, 0.2) is 0 Å². The van der Waals surface area contributed by atoms with E-state index in [1.807, 2.05) is 6.26 Å². The zero-order valence-corrected chi connectivity index (χ0v) is 12.6. The van der Waals surface area contributed by atoms with E-state index in [1.54, 1.807) is 21.6 Å². The number of carboxylic acid groups (broad SMARTS) is 1. The molecular weight excluding hydrogens is 282 g/mol. The average molecular weight is 303 g/mol. The summed E-state index contributed by atoms with van der Waals surface area (Å²) in [6, 6.07) is -1.23. The van der Waals surface area contributed by atoms with Crippen LogP contribution in [0.5, 0.6) is 0 Å². The lowest BCUT2D eigenvalue weighted by atomic mass is 10.2. The van der Waals surface area contributed by atoms with Crippen LogP contribution in [-0.4, -0.2) is 77.0 Å². The third-order valence-corrected chi connectivity index (χ3v) is 3.86. The van der Waals surface area contributed by atoms with E-state index in [0.717, 1.165) is 0 Å². The Morgan fingerprint density at radius 2 is 1.75 bits per heavy atom. The average Bonchev–Trinajstić information content (AvgIpc) is 2.42. The maximum atomic E-state index is 12.0. The van der Waals surface area contributed by atoms with Gasteiger partial charge in [0.25, 0.3) is 0 Å². The topological polar surface area (TPSA) is 90.0 Å². The van der Waals surface area contributed by atoms with Crippen molar-refractivity contribution in [2.24, 2.45) is 0 Å². The zero-order valence-electron chi connectivity index (χ0n) is 11.8. The minimum absolute atomic E-state index is 0.00607. The van der Waals surface area contributed by atoms with E-state index in [9.17, 15) is 14.4 Å². The van der Waals surface area contributed by atoms with Crippen molar-refractivity contribution >= 4 is 29.7 Å². The molecule has 1 heterocycles. The SMILES string of the molecule is CSCCC(NC(=O)N1CCN(C(C)=O)CC1)C(=O)O. The van der Waals surface area contributed by atoms with Crippen molar-refractivity contribution in [3.8, 4) is 0 Å². The molecule has 1 fully saturated rings. The summed E-state index contributed by atoms with van der Waals surface area (Å²) < 4.78 is 0. The Morgan fingerprint density at radius 3 is 2.20 bits per heavy atom.